The van der Waals surface area contributed by atoms with Crippen molar-refractivity contribution in [1.82, 2.24) is 9.47 Å². The molecule has 2 nitrogen and oxygen atoms in total. The smallest absolute Gasteiger partial charge is 0.225 e. The van der Waals surface area contributed by atoms with Crippen molar-refractivity contribution in [3.8, 4) is 0 Å². The predicted molar refractivity (Wildman–Crippen MR) is 53.4 cm³/mol. The van der Waals surface area contributed by atoms with E-state index in [1.807, 2.05) is 34.0 Å². The first-order chi connectivity index (χ1) is 6.81. The topological polar surface area (TPSA) is 8.17 Å². The van der Waals surface area contributed by atoms with Crippen molar-refractivity contribution in [3.63, 3.8) is 0 Å². The molecule has 1 aromatic heterocycles. The molecule has 2 aliphatic rings. The molecule has 3 rings (SSSR count). The van der Waals surface area contributed by atoms with Crippen LogP contribution in [0, 0.1) is 0 Å². The summed E-state index contributed by atoms with van der Waals surface area (Å²) in [6, 6.07) is 3.75. The second-order valence-electron chi connectivity index (χ2n) is 3.98. The van der Waals surface area contributed by atoms with E-state index >= 15 is 0 Å². The molecule has 1 atom stereocenters. The lowest BCUT2D eigenvalue weighted by atomic mass is 10.1. The molecular weight excluding hydrogens is 179 g/mol. The normalized spacial score (nSPS) is 31.2. The predicted octanol–water partition coefficient (Wildman–Crippen LogP) is 2.19. The highest BCUT2D eigenvalue weighted by molar-refractivity contribution is 5.43. The zero-order chi connectivity index (χ0) is 9.60. The summed E-state index contributed by atoms with van der Waals surface area (Å²) in [5, 5.41) is 0. The van der Waals surface area contributed by atoms with Gasteiger partial charge in [0.25, 0.3) is 0 Å². The van der Waals surface area contributed by atoms with E-state index in [2.05, 4.69) is 0 Å². The standard InChI is InChI=1S/C11H13FN2/c12-11(14-7-1-2-8-14)5-9-13-6-3-4-10(11)13/h3-6,9H,1-2,7-8H2. The van der Waals surface area contributed by atoms with Crippen molar-refractivity contribution < 1.29 is 4.39 Å². The van der Waals surface area contributed by atoms with Gasteiger partial charge in [0, 0.05) is 25.5 Å². The monoisotopic (exact) mass is 192 g/mol. The molecule has 1 fully saturated rings. The van der Waals surface area contributed by atoms with E-state index in [9.17, 15) is 4.39 Å². The second kappa shape index (κ2) is 2.70. The zero-order valence-electron chi connectivity index (χ0n) is 7.99. The van der Waals surface area contributed by atoms with Crippen LogP contribution in [0.2, 0.25) is 0 Å². The van der Waals surface area contributed by atoms with Crippen molar-refractivity contribution >= 4 is 6.20 Å². The average Bonchev–Trinajstić information content (AvgIpc) is 2.84. The number of likely N-dealkylation sites (tertiary alicyclic amines) is 1. The Labute approximate surface area is 82.6 Å². The summed E-state index contributed by atoms with van der Waals surface area (Å²) in [4.78, 5) is 1.92. The largest absolute Gasteiger partial charge is 0.323 e. The van der Waals surface area contributed by atoms with Gasteiger partial charge in [-0.05, 0) is 31.1 Å². The number of hydrogen-bond acceptors (Lipinski definition) is 1. The summed E-state index contributed by atoms with van der Waals surface area (Å²) in [5.41, 5.74) is 0.749. The number of rotatable bonds is 1. The van der Waals surface area contributed by atoms with Crippen molar-refractivity contribution in [2.45, 2.75) is 18.6 Å². The Bertz CT molecular complexity index is 376. The van der Waals surface area contributed by atoms with Crippen LogP contribution in [-0.4, -0.2) is 22.6 Å². The molecule has 0 bridgehead atoms. The molecule has 0 radical (unpaired) electrons. The lowest BCUT2D eigenvalue weighted by Crippen LogP contribution is -2.38. The van der Waals surface area contributed by atoms with E-state index in [1.54, 1.807) is 6.08 Å². The summed E-state index contributed by atoms with van der Waals surface area (Å²) in [6.07, 6.45) is 7.59. The Morgan fingerprint density at radius 1 is 1.29 bits per heavy atom. The molecule has 0 spiro atoms. The SMILES string of the molecule is FC1(N2CCCC2)C=Cn2cccc21. The van der Waals surface area contributed by atoms with Gasteiger partial charge in [0.05, 0.1) is 5.69 Å². The Hall–Kier alpha value is -1.09. The van der Waals surface area contributed by atoms with Gasteiger partial charge < -0.3 is 4.57 Å². The van der Waals surface area contributed by atoms with Crippen molar-refractivity contribution in [2.24, 2.45) is 0 Å². The van der Waals surface area contributed by atoms with Crippen LogP contribution in [0.25, 0.3) is 6.20 Å². The fourth-order valence-electron chi connectivity index (χ4n) is 2.40. The molecule has 3 heterocycles. The fraction of sp³-hybridized carbons (Fsp3) is 0.455. The Kier molecular flexibility index (Phi) is 1.59. The third kappa shape index (κ3) is 0.932. The molecule has 1 saturated heterocycles. The quantitative estimate of drug-likeness (QED) is 0.619. The van der Waals surface area contributed by atoms with Crippen LogP contribution in [0.3, 0.4) is 0 Å². The van der Waals surface area contributed by atoms with Crippen LogP contribution in [0.4, 0.5) is 4.39 Å². The van der Waals surface area contributed by atoms with Crippen molar-refractivity contribution in [1.29, 1.82) is 0 Å². The summed E-state index contributed by atoms with van der Waals surface area (Å²) >= 11 is 0. The summed E-state index contributed by atoms with van der Waals surface area (Å²) in [5.74, 6) is -1.35. The lowest BCUT2D eigenvalue weighted by Gasteiger charge is -2.29. The molecule has 3 heteroatoms. The Morgan fingerprint density at radius 2 is 2.07 bits per heavy atom. The molecule has 2 aliphatic heterocycles. The van der Waals surface area contributed by atoms with Gasteiger partial charge in [-0.25, -0.2) is 4.39 Å². The van der Waals surface area contributed by atoms with Crippen LogP contribution in [0.5, 0.6) is 0 Å². The molecular formula is C11H13FN2. The summed E-state index contributed by atoms with van der Waals surface area (Å²) in [6.45, 7) is 1.73. The zero-order valence-corrected chi connectivity index (χ0v) is 7.99. The molecule has 0 N–H and O–H groups in total. The first kappa shape index (κ1) is 8.24. The van der Waals surface area contributed by atoms with Gasteiger partial charge in [-0.1, -0.05) is 0 Å². The van der Waals surface area contributed by atoms with Crippen LogP contribution in [0.1, 0.15) is 18.5 Å². The molecule has 14 heavy (non-hydrogen) atoms. The lowest BCUT2D eigenvalue weighted by molar-refractivity contribution is 0.0246. The van der Waals surface area contributed by atoms with Crippen molar-refractivity contribution in [3.05, 3.63) is 30.1 Å². The molecule has 74 valence electrons. The van der Waals surface area contributed by atoms with Gasteiger partial charge in [0.2, 0.25) is 5.79 Å². The minimum atomic E-state index is -1.35. The number of alkyl halides is 1. The van der Waals surface area contributed by atoms with E-state index in [-0.39, 0.29) is 0 Å². The van der Waals surface area contributed by atoms with Crippen LogP contribution >= 0.6 is 0 Å². The fourth-order valence-corrected chi connectivity index (χ4v) is 2.40. The van der Waals surface area contributed by atoms with Crippen LogP contribution in [-0.2, 0) is 5.79 Å². The maximum Gasteiger partial charge on any atom is 0.225 e. The second-order valence-corrected chi connectivity index (χ2v) is 3.98. The highest BCUT2D eigenvalue weighted by atomic mass is 19.1. The number of fused-ring (bicyclic) bond motifs is 1. The summed E-state index contributed by atoms with van der Waals surface area (Å²) in [7, 11) is 0. The molecule has 1 unspecified atom stereocenters. The molecule has 0 aliphatic carbocycles. The van der Waals surface area contributed by atoms with Gasteiger partial charge >= 0.3 is 0 Å². The van der Waals surface area contributed by atoms with Crippen LogP contribution in [0.15, 0.2) is 24.4 Å². The van der Waals surface area contributed by atoms with Gasteiger partial charge in [-0.2, -0.15) is 0 Å². The minimum Gasteiger partial charge on any atom is -0.323 e. The van der Waals surface area contributed by atoms with E-state index in [0.29, 0.717) is 0 Å². The van der Waals surface area contributed by atoms with E-state index in [4.69, 9.17) is 0 Å². The Morgan fingerprint density at radius 3 is 2.86 bits per heavy atom. The van der Waals surface area contributed by atoms with Gasteiger partial charge in [0.1, 0.15) is 0 Å². The first-order valence-electron chi connectivity index (χ1n) is 5.11. The molecule has 1 aromatic rings. The number of aromatic nitrogens is 1. The third-order valence-electron chi connectivity index (χ3n) is 3.16. The average molecular weight is 192 g/mol. The van der Waals surface area contributed by atoms with E-state index < -0.39 is 5.79 Å². The van der Waals surface area contributed by atoms with Crippen LogP contribution < -0.4 is 0 Å². The van der Waals surface area contributed by atoms with Crippen molar-refractivity contribution in [2.75, 3.05) is 13.1 Å². The molecule has 0 saturated carbocycles. The Balaban J connectivity index is 2.02. The van der Waals surface area contributed by atoms with Gasteiger partial charge in [0.15, 0.2) is 0 Å². The maximum absolute atomic E-state index is 14.7. The number of nitrogens with zero attached hydrogens (tertiary/aromatic N) is 2. The molecule has 0 amide bonds. The highest BCUT2D eigenvalue weighted by Gasteiger charge is 2.42. The summed E-state index contributed by atoms with van der Waals surface area (Å²) < 4.78 is 16.5. The first-order valence-corrected chi connectivity index (χ1v) is 5.11. The highest BCUT2D eigenvalue weighted by Crippen LogP contribution is 2.38. The number of hydrogen-bond donors (Lipinski definition) is 0. The minimum absolute atomic E-state index is 0.749. The van der Waals surface area contributed by atoms with E-state index in [0.717, 1.165) is 31.6 Å². The molecule has 0 aromatic carbocycles. The van der Waals surface area contributed by atoms with E-state index in [1.165, 1.54) is 0 Å². The maximum atomic E-state index is 14.7. The van der Waals surface area contributed by atoms with Gasteiger partial charge in [-0.15, -0.1) is 0 Å². The number of halogens is 1. The van der Waals surface area contributed by atoms with Gasteiger partial charge in [-0.3, -0.25) is 4.90 Å². The third-order valence-corrected chi connectivity index (χ3v) is 3.16.